The molecule has 25 heavy (non-hydrogen) atoms. The second-order valence-corrected chi connectivity index (χ2v) is 5.51. The van der Waals surface area contributed by atoms with E-state index in [4.69, 9.17) is 0 Å². The highest BCUT2D eigenvalue weighted by molar-refractivity contribution is 5.92. The van der Waals surface area contributed by atoms with Crippen molar-refractivity contribution in [3.8, 4) is 11.1 Å². The first kappa shape index (κ1) is 17.2. The highest BCUT2D eigenvalue weighted by atomic mass is 19.4. The Labute approximate surface area is 138 Å². The number of benzene rings is 2. The fraction of sp³-hybridized carbons (Fsp3) is 0.176. The van der Waals surface area contributed by atoms with Crippen LogP contribution >= 0.6 is 0 Å². The molecule has 3 rings (SSSR count). The maximum absolute atomic E-state index is 12.9. The molecule has 0 saturated carbocycles. The van der Waals surface area contributed by atoms with Crippen molar-refractivity contribution < 1.29 is 26.3 Å². The van der Waals surface area contributed by atoms with Crippen LogP contribution in [0.3, 0.4) is 0 Å². The van der Waals surface area contributed by atoms with Crippen molar-refractivity contribution in [2.45, 2.75) is 19.3 Å². The zero-order valence-electron chi connectivity index (χ0n) is 12.7. The highest BCUT2D eigenvalue weighted by Crippen LogP contribution is 2.35. The second kappa shape index (κ2) is 5.72. The van der Waals surface area contributed by atoms with Gasteiger partial charge in [-0.05, 0) is 42.3 Å². The van der Waals surface area contributed by atoms with Gasteiger partial charge in [0.15, 0.2) is 5.69 Å². The molecule has 0 spiro atoms. The smallest absolute Gasteiger partial charge is 0.252 e. The maximum Gasteiger partial charge on any atom is 0.434 e. The van der Waals surface area contributed by atoms with Crippen LogP contribution in [0.1, 0.15) is 16.8 Å². The van der Waals surface area contributed by atoms with Crippen LogP contribution in [0.25, 0.3) is 22.2 Å². The van der Waals surface area contributed by atoms with Crippen molar-refractivity contribution in [1.82, 2.24) is 9.97 Å². The largest absolute Gasteiger partial charge is 0.434 e. The molecule has 0 radical (unpaired) electrons. The average molecular weight is 356 g/mol. The predicted octanol–water partition coefficient (Wildman–Crippen LogP) is 5.64. The Morgan fingerprint density at radius 2 is 1.60 bits per heavy atom. The fourth-order valence-corrected chi connectivity index (χ4v) is 2.48. The summed E-state index contributed by atoms with van der Waals surface area (Å²) in [4.78, 5) is 7.35. The van der Waals surface area contributed by atoms with Gasteiger partial charge in [-0.2, -0.15) is 26.3 Å². The van der Waals surface area contributed by atoms with Gasteiger partial charge in [-0.1, -0.05) is 12.1 Å². The Hall–Kier alpha value is -2.64. The zero-order valence-corrected chi connectivity index (χ0v) is 12.7. The number of nitrogens with zero attached hydrogens (tertiary/aromatic N) is 2. The van der Waals surface area contributed by atoms with E-state index in [1.54, 1.807) is 13.0 Å². The minimum Gasteiger partial charge on any atom is -0.252 e. The van der Waals surface area contributed by atoms with Crippen molar-refractivity contribution in [2.24, 2.45) is 0 Å². The van der Waals surface area contributed by atoms with Crippen molar-refractivity contribution in [3.63, 3.8) is 0 Å². The van der Waals surface area contributed by atoms with Gasteiger partial charge in [-0.3, -0.25) is 4.98 Å². The van der Waals surface area contributed by atoms with E-state index >= 15 is 0 Å². The van der Waals surface area contributed by atoms with E-state index in [2.05, 4.69) is 9.97 Å². The Balaban J connectivity index is 2.23. The average Bonchev–Trinajstić information content (AvgIpc) is 2.52. The number of alkyl halides is 6. The van der Waals surface area contributed by atoms with Gasteiger partial charge in [-0.25, -0.2) is 4.98 Å². The van der Waals surface area contributed by atoms with Gasteiger partial charge in [0.05, 0.1) is 22.8 Å². The van der Waals surface area contributed by atoms with E-state index in [0.29, 0.717) is 17.3 Å². The van der Waals surface area contributed by atoms with Crippen molar-refractivity contribution >= 4 is 11.0 Å². The number of halogens is 6. The lowest BCUT2D eigenvalue weighted by Gasteiger charge is -2.12. The summed E-state index contributed by atoms with van der Waals surface area (Å²) in [5.74, 6) is 0. The third-order valence-corrected chi connectivity index (χ3v) is 3.58. The summed E-state index contributed by atoms with van der Waals surface area (Å²) in [6.07, 6.45) is -8.60. The van der Waals surface area contributed by atoms with Crippen LogP contribution in [0.4, 0.5) is 26.3 Å². The van der Waals surface area contributed by atoms with Crippen LogP contribution in [-0.2, 0) is 12.4 Å². The summed E-state index contributed by atoms with van der Waals surface area (Å²) in [5, 5.41) is 0. The third kappa shape index (κ3) is 3.42. The molecule has 0 bridgehead atoms. The van der Waals surface area contributed by atoms with Crippen LogP contribution in [0.5, 0.6) is 0 Å². The summed E-state index contributed by atoms with van der Waals surface area (Å²) >= 11 is 0. The normalized spacial score (nSPS) is 12.6. The molecule has 0 unspecified atom stereocenters. The number of aryl methyl sites for hydroxylation is 1. The topological polar surface area (TPSA) is 25.8 Å². The summed E-state index contributed by atoms with van der Waals surface area (Å²) in [6, 6.07) is 7.53. The number of fused-ring (bicyclic) bond motifs is 1. The van der Waals surface area contributed by atoms with E-state index in [1.807, 2.05) is 0 Å². The molecule has 0 aliphatic heterocycles. The van der Waals surface area contributed by atoms with E-state index < -0.39 is 23.6 Å². The molecular formula is C17H10F6N2. The summed E-state index contributed by atoms with van der Waals surface area (Å²) in [5.41, 5.74) is -0.853. The van der Waals surface area contributed by atoms with E-state index in [1.165, 1.54) is 18.2 Å². The molecule has 0 atom stereocenters. The van der Waals surface area contributed by atoms with Crippen LogP contribution in [0, 0.1) is 6.92 Å². The van der Waals surface area contributed by atoms with Gasteiger partial charge in [-0.15, -0.1) is 0 Å². The van der Waals surface area contributed by atoms with Gasteiger partial charge in [0, 0.05) is 5.56 Å². The first-order valence-electron chi connectivity index (χ1n) is 7.08. The molecule has 0 aliphatic rings. The molecule has 1 heterocycles. The van der Waals surface area contributed by atoms with E-state index in [0.717, 1.165) is 12.1 Å². The van der Waals surface area contributed by atoms with Gasteiger partial charge in [0.25, 0.3) is 0 Å². The molecule has 0 fully saturated rings. The van der Waals surface area contributed by atoms with Crippen molar-refractivity contribution in [2.75, 3.05) is 0 Å². The zero-order chi connectivity index (χ0) is 18.4. The predicted molar refractivity (Wildman–Crippen MR) is 79.7 cm³/mol. The molecule has 2 nitrogen and oxygen atoms in total. The minimum atomic E-state index is -4.65. The first-order chi connectivity index (χ1) is 11.6. The highest BCUT2D eigenvalue weighted by Gasteiger charge is 2.33. The lowest BCUT2D eigenvalue weighted by atomic mass is 9.99. The second-order valence-electron chi connectivity index (χ2n) is 5.51. The lowest BCUT2D eigenvalue weighted by molar-refractivity contribution is -0.141. The number of rotatable bonds is 1. The van der Waals surface area contributed by atoms with Gasteiger partial charge < -0.3 is 0 Å². The number of hydrogen-bond donors (Lipinski definition) is 0. The fourth-order valence-electron chi connectivity index (χ4n) is 2.48. The number of hydrogen-bond acceptors (Lipinski definition) is 2. The maximum atomic E-state index is 12.9. The molecule has 2 aromatic carbocycles. The summed E-state index contributed by atoms with van der Waals surface area (Å²) in [6.45, 7) is 1.62. The minimum absolute atomic E-state index is 0.0257. The van der Waals surface area contributed by atoms with Crippen LogP contribution in [0.15, 0.2) is 42.6 Å². The van der Waals surface area contributed by atoms with Gasteiger partial charge in [0.1, 0.15) is 0 Å². The van der Waals surface area contributed by atoms with Crippen LogP contribution in [-0.4, -0.2) is 9.97 Å². The Bertz CT molecular complexity index is 944. The summed E-state index contributed by atoms with van der Waals surface area (Å²) < 4.78 is 77.1. The first-order valence-corrected chi connectivity index (χ1v) is 7.08. The Kier molecular flexibility index (Phi) is 3.93. The molecule has 3 aromatic rings. The molecule has 0 saturated heterocycles. The monoisotopic (exact) mass is 356 g/mol. The summed E-state index contributed by atoms with van der Waals surface area (Å²) in [7, 11) is 0. The van der Waals surface area contributed by atoms with Crippen LogP contribution in [0.2, 0.25) is 0 Å². The third-order valence-electron chi connectivity index (χ3n) is 3.58. The standard InChI is InChI=1S/C17H10F6N2/c1-9-5-12(10-3-2-4-11(7-10)16(18,19)20)15-13(6-9)25-14(8-24-15)17(21,22)23/h2-8H,1H3. The Morgan fingerprint density at radius 1 is 0.880 bits per heavy atom. The Morgan fingerprint density at radius 3 is 2.24 bits per heavy atom. The molecule has 130 valence electrons. The van der Waals surface area contributed by atoms with Crippen molar-refractivity contribution in [1.29, 1.82) is 0 Å². The van der Waals surface area contributed by atoms with Crippen molar-refractivity contribution in [3.05, 3.63) is 59.4 Å². The SMILES string of the molecule is Cc1cc(-c2cccc(C(F)(F)F)c2)c2ncc(C(F)(F)F)nc2c1. The van der Waals surface area contributed by atoms with Gasteiger partial charge >= 0.3 is 12.4 Å². The van der Waals surface area contributed by atoms with Crippen LogP contribution < -0.4 is 0 Å². The molecule has 0 N–H and O–H groups in total. The lowest BCUT2D eigenvalue weighted by Crippen LogP contribution is -2.09. The molecule has 0 amide bonds. The molecule has 0 aliphatic carbocycles. The molecule has 1 aromatic heterocycles. The molecule has 8 heteroatoms. The quantitative estimate of drug-likeness (QED) is 0.527. The van der Waals surface area contributed by atoms with Gasteiger partial charge in [0.2, 0.25) is 0 Å². The number of aromatic nitrogens is 2. The van der Waals surface area contributed by atoms with E-state index in [9.17, 15) is 26.3 Å². The van der Waals surface area contributed by atoms with E-state index in [-0.39, 0.29) is 16.6 Å². The molecular weight excluding hydrogens is 346 g/mol.